The highest BCUT2D eigenvalue weighted by atomic mass is 35.5. The lowest BCUT2D eigenvalue weighted by Gasteiger charge is -2.06. The molecule has 0 amide bonds. The number of aromatic nitrogens is 3. The van der Waals surface area contributed by atoms with E-state index in [4.69, 9.17) is 23.2 Å². The predicted octanol–water partition coefficient (Wildman–Crippen LogP) is 2.93. The molecule has 1 heterocycles. The highest BCUT2D eigenvalue weighted by molar-refractivity contribution is 6.42. The topological polar surface area (TPSA) is 50.9 Å². The van der Waals surface area contributed by atoms with E-state index in [1.165, 1.54) is 0 Å². The minimum absolute atomic E-state index is 0.188. The molecule has 0 unspecified atom stereocenters. The number of benzene rings is 1. The summed E-state index contributed by atoms with van der Waals surface area (Å²) in [5, 5.41) is 18.1. The van der Waals surface area contributed by atoms with Crippen molar-refractivity contribution in [1.29, 1.82) is 0 Å². The van der Waals surface area contributed by atoms with Crippen molar-refractivity contribution in [1.82, 2.24) is 15.0 Å². The lowest BCUT2D eigenvalue weighted by molar-refractivity contribution is 0.277. The Morgan fingerprint density at radius 1 is 1.33 bits per heavy atom. The molecule has 94 valence electrons. The monoisotopic (exact) mass is 283 g/mol. The zero-order chi connectivity index (χ0) is 13.1. The molecule has 4 nitrogen and oxygen atoms in total. The molecule has 1 aromatic carbocycles. The second-order valence-corrected chi connectivity index (χ2v) is 4.46. The van der Waals surface area contributed by atoms with Gasteiger partial charge in [0.25, 0.3) is 0 Å². The third-order valence-corrected chi connectivity index (χ3v) is 3.19. The number of aliphatic hydroxyl groups is 1. The van der Waals surface area contributed by atoms with Crippen LogP contribution in [-0.4, -0.2) is 20.1 Å². The fourth-order valence-electron chi connectivity index (χ4n) is 1.66. The van der Waals surface area contributed by atoms with E-state index in [1.807, 2.05) is 6.07 Å². The number of halogens is 2. The van der Waals surface area contributed by atoms with Gasteiger partial charge in [-0.15, -0.1) is 11.7 Å². The van der Waals surface area contributed by atoms with E-state index in [0.717, 1.165) is 11.3 Å². The van der Waals surface area contributed by atoms with Gasteiger partial charge in [0.2, 0.25) is 0 Å². The molecule has 0 bridgehead atoms. The summed E-state index contributed by atoms with van der Waals surface area (Å²) >= 11 is 11.9. The lowest BCUT2D eigenvalue weighted by Crippen LogP contribution is -2.01. The maximum atomic E-state index is 9.28. The smallest absolute Gasteiger partial charge is 0.116 e. The molecule has 18 heavy (non-hydrogen) atoms. The summed E-state index contributed by atoms with van der Waals surface area (Å²) in [6, 6.07) is 5.23. The van der Waals surface area contributed by atoms with Crippen LogP contribution >= 0.6 is 23.2 Å². The van der Waals surface area contributed by atoms with Crippen molar-refractivity contribution in [3.05, 3.63) is 46.6 Å². The quantitative estimate of drug-likeness (QED) is 0.878. The summed E-state index contributed by atoms with van der Waals surface area (Å²) in [5.41, 5.74) is 2.02. The van der Waals surface area contributed by atoms with Gasteiger partial charge in [0.1, 0.15) is 5.69 Å². The van der Waals surface area contributed by atoms with E-state index in [2.05, 4.69) is 16.9 Å². The van der Waals surface area contributed by atoms with Crippen molar-refractivity contribution in [3.63, 3.8) is 0 Å². The molecule has 0 saturated carbocycles. The Morgan fingerprint density at radius 3 is 2.72 bits per heavy atom. The van der Waals surface area contributed by atoms with E-state index < -0.39 is 0 Å². The van der Waals surface area contributed by atoms with Gasteiger partial charge < -0.3 is 5.11 Å². The summed E-state index contributed by atoms with van der Waals surface area (Å²) in [7, 11) is 0. The van der Waals surface area contributed by atoms with Crippen molar-refractivity contribution < 1.29 is 5.11 Å². The third kappa shape index (κ3) is 2.41. The SMILES string of the molecule is C=CCn1nnc(CO)c1-c1ccc(Cl)c(Cl)c1. The highest BCUT2D eigenvalue weighted by Crippen LogP contribution is 2.29. The summed E-state index contributed by atoms with van der Waals surface area (Å²) < 4.78 is 1.65. The van der Waals surface area contributed by atoms with Gasteiger partial charge in [-0.2, -0.15) is 0 Å². The van der Waals surface area contributed by atoms with Crippen molar-refractivity contribution in [3.8, 4) is 11.3 Å². The normalized spacial score (nSPS) is 10.6. The van der Waals surface area contributed by atoms with E-state index in [9.17, 15) is 5.11 Å². The Balaban J connectivity index is 2.56. The Morgan fingerprint density at radius 2 is 2.11 bits per heavy atom. The molecule has 0 aliphatic rings. The fraction of sp³-hybridized carbons (Fsp3) is 0.167. The fourth-order valence-corrected chi connectivity index (χ4v) is 1.96. The van der Waals surface area contributed by atoms with Crippen LogP contribution in [-0.2, 0) is 13.2 Å². The molecule has 0 aliphatic carbocycles. The number of allylic oxidation sites excluding steroid dienone is 1. The minimum atomic E-state index is -0.188. The Labute approximate surface area is 114 Å². The van der Waals surface area contributed by atoms with Crippen molar-refractivity contribution >= 4 is 23.2 Å². The summed E-state index contributed by atoms with van der Waals surface area (Å²) in [4.78, 5) is 0. The molecular weight excluding hydrogens is 273 g/mol. The van der Waals surface area contributed by atoms with E-state index >= 15 is 0 Å². The van der Waals surface area contributed by atoms with Crippen LogP contribution in [0, 0.1) is 0 Å². The molecule has 0 aliphatic heterocycles. The second kappa shape index (κ2) is 5.52. The van der Waals surface area contributed by atoms with Crippen molar-refractivity contribution in [2.45, 2.75) is 13.2 Å². The van der Waals surface area contributed by atoms with Crippen molar-refractivity contribution in [2.75, 3.05) is 0 Å². The van der Waals surface area contributed by atoms with Crippen LogP contribution in [0.25, 0.3) is 11.3 Å². The molecule has 1 N–H and O–H groups in total. The first-order valence-electron chi connectivity index (χ1n) is 5.27. The molecule has 6 heteroatoms. The van der Waals surface area contributed by atoms with E-state index in [-0.39, 0.29) is 6.61 Å². The van der Waals surface area contributed by atoms with Gasteiger partial charge in [-0.1, -0.05) is 40.6 Å². The van der Waals surface area contributed by atoms with Gasteiger partial charge >= 0.3 is 0 Å². The van der Waals surface area contributed by atoms with Crippen LogP contribution in [0.15, 0.2) is 30.9 Å². The molecular formula is C12H11Cl2N3O. The van der Waals surface area contributed by atoms with E-state index in [0.29, 0.717) is 22.3 Å². The molecule has 0 fully saturated rings. The molecule has 0 saturated heterocycles. The first-order valence-corrected chi connectivity index (χ1v) is 6.02. The standard InChI is InChI=1S/C12H11Cl2N3O/c1-2-5-17-12(11(7-18)15-16-17)8-3-4-9(13)10(14)6-8/h2-4,6,18H,1,5,7H2. The Bertz CT molecular complexity index is 581. The van der Waals surface area contributed by atoms with Gasteiger partial charge in [0.15, 0.2) is 0 Å². The molecule has 0 spiro atoms. The zero-order valence-corrected chi connectivity index (χ0v) is 11.0. The van der Waals surface area contributed by atoms with Gasteiger partial charge in [0.05, 0.1) is 28.9 Å². The van der Waals surface area contributed by atoms with Crippen LogP contribution < -0.4 is 0 Å². The Hall–Kier alpha value is -1.36. The average molecular weight is 284 g/mol. The maximum Gasteiger partial charge on any atom is 0.116 e. The molecule has 0 atom stereocenters. The van der Waals surface area contributed by atoms with Gasteiger partial charge in [0, 0.05) is 5.56 Å². The van der Waals surface area contributed by atoms with Gasteiger partial charge in [-0.3, -0.25) is 0 Å². The lowest BCUT2D eigenvalue weighted by atomic mass is 10.1. The van der Waals surface area contributed by atoms with Crippen LogP contribution in [0.4, 0.5) is 0 Å². The molecule has 1 aromatic heterocycles. The summed E-state index contributed by atoms with van der Waals surface area (Å²) in [5.74, 6) is 0. The highest BCUT2D eigenvalue weighted by Gasteiger charge is 2.14. The molecule has 2 rings (SSSR count). The number of rotatable bonds is 4. The number of hydrogen-bond donors (Lipinski definition) is 1. The summed E-state index contributed by atoms with van der Waals surface area (Å²) in [6.07, 6.45) is 1.71. The van der Waals surface area contributed by atoms with Crippen molar-refractivity contribution in [2.24, 2.45) is 0 Å². The van der Waals surface area contributed by atoms with Crippen LogP contribution in [0.1, 0.15) is 5.69 Å². The van der Waals surface area contributed by atoms with Crippen LogP contribution in [0.2, 0.25) is 10.0 Å². The first-order chi connectivity index (χ1) is 8.67. The predicted molar refractivity (Wildman–Crippen MR) is 71.6 cm³/mol. The Kier molecular flexibility index (Phi) is 4.01. The first kappa shape index (κ1) is 13.1. The van der Waals surface area contributed by atoms with E-state index in [1.54, 1.807) is 22.9 Å². The second-order valence-electron chi connectivity index (χ2n) is 3.64. The number of aliphatic hydroxyl groups excluding tert-OH is 1. The van der Waals surface area contributed by atoms with Crippen LogP contribution in [0.5, 0.6) is 0 Å². The van der Waals surface area contributed by atoms with Gasteiger partial charge in [-0.05, 0) is 12.1 Å². The number of nitrogens with zero attached hydrogens (tertiary/aromatic N) is 3. The molecule has 2 aromatic rings. The number of hydrogen-bond acceptors (Lipinski definition) is 3. The zero-order valence-electron chi connectivity index (χ0n) is 9.48. The maximum absolute atomic E-state index is 9.28. The average Bonchev–Trinajstić information content (AvgIpc) is 2.76. The minimum Gasteiger partial charge on any atom is -0.390 e. The molecule has 0 radical (unpaired) electrons. The third-order valence-electron chi connectivity index (χ3n) is 2.45. The largest absolute Gasteiger partial charge is 0.390 e. The van der Waals surface area contributed by atoms with Crippen LogP contribution in [0.3, 0.4) is 0 Å². The van der Waals surface area contributed by atoms with Gasteiger partial charge in [-0.25, -0.2) is 4.68 Å². The summed E-state index contributed by atoms with van der Waals surface area (Å²) in [6.45, 7) is 3.97.